The van der Waals surface area contributed by atoms with E-state index in [1.165, 1.54) is 5.56 Å². The molecule has 1 N–H and O–H groups in total. The van der Waals surface area contributed by atoms with Gasteiger partial charge in [0.2, 0.25) is 0 Å². The Morgan fingerprint density at radius 1 is 1.46 bits per heavy atom. The number of benzene rings is 1. The normalized spacial score (nSPS) is 11.0. The van der Waals surface area contributed by atoms with E-state index < -0.39 is 0 Å². The molecule has 0 aliphatic heterocycles. The lowest BCUT2D eigenvalue weighted by Crippen LogP contribution is -1.90. The second-order valence-corrected chi connectivity index (χ2v) is 3.49. The van der Waals surface area contributed by atoms with Gasteiger partial charge in [-0.25, -0.2) is 0 Å². The van der Waals surface area contributed by atoms with Crippen LogP contribution in [0.15, 0.2) is 24.3 Å². The number of aliphatic hydroxyl groups excluding tert-OH is 1. The van der Waals surface area contributed by atoms with Gasteiger partial charge in [-0.3, -0.25) is 0 Å². The lowest BCUT2D eigenvalue weighted by molar-refractivity contribution is 0.281. The molecule has 0 atom stereocenters. The molecule has 0 aliphatic carbocycles. The summed E-state index contributed by atoms with van der Waals surface area (Å²) in [6.45, 7) is 2.14. The van der Waals surface area contributed by atoms with Crippen LogP contribution in [0.4, 0.5) is 0 Å². The van der Waals surface area contributed by atoms with Crippen molar-refractivity contribution in [2.75, 3.05) is 5.33 Å². The van der Waals surface area contributed by atoms with E-state index in [1.54, 1.807) is 0 Å². The molecule has 0 bridgehead atoms. The van der Waals surface area contributed by atoms with Crippen molar-refractivity contribution in [3.63, 3.8) is 0 Å². The smallest absolute Gasteiger partial charge is 0.0684 e. The molecule has 0 spiro atoms. The van der Waals surface area contributed by atoms with Crippen molar-refractivity contribution in [2.24, 2.45) is 0 Å². The third-order valence-electron chi connectivity index (χ3n) is 2.04. The van der Waals surface area contributed by atoms with Gasteiger partial charge in [0.05, 0.1) is 6.61 Å². The van der Waals surface area contributed by atoms with Gasteiger partial charge in [-0.15, -0.1) is 0 Å². The highest BCUT2D eigenvalue weighted by molar-refractivity contribution is 9.09. The van der Waals surface area contributed by atoms with E-state index in [1.807, 2.05) is 31.2 Å². The van der Waals surface area contributed by atoms with Crippen LogP contribution in [-0.2, 0) is 6.61 Å². The molecular formula is C11H13BrO. The van der Waals surface area contributed by atoms with E-state index in [-0.39, 0.29) is 6.61 Å². The molecule has 0 radical (unpaired) electrons. The summed E-state index contributed by atoms with van der Waals surface area (Å²) in [4.78, 5) is 0. The van der Waals surface area contributed by atoms with Gasteiger partial charge in [0.15, 0.2) is 0 Å². The highest BCUT2D eigenvalue weighted by Crippen LogP contribution is 2.15. The van der Waals surface area contributed by atoms with Gasteiger partial charge in [-0.1, -0.05) is 46.3 Å². The molecule has 1 aromatic carbocycles. The molecule has 0 amide bonds. The van der Waals surface area contributed by atoms with Crippen LogP contribution in [0.2, 0.25) is 0 Å². The lowest BCUT2D eigenvalue weighted by Gasteiger charge is -2.05. The highest BCUT2D eigenvalue weighted by Gasteiger charge is 1.98. The molecule has 2 heteroatoms. The standard InChI is InChI=1S/C11H13BrO/c1-9-10(6-3-7-12)4-2-5-11(9)8-13/h2-6,13H,7-8H2,1H3. The van der Waals surface area contributed by atoms with Gasteiger partial charge in [-0.05, 0) is 23.6 Å². The third-order valence-corrected chi connectivity index (χ3v) is 2.42. The van der Waals surface area contributed by atoms with Crippen molar-refractivity contribution >= 4 is 22.0 Å². The minimum atomic E-state index is 0.113. The number of alkyl halides is 1. The second-order valence-electron chi connectivity index (χ2n) is 2.85. The van der Waals surface area contributed by atoms with Crippen molar-refractivity contribution in [2.45, 2.75) is 13.5 Å². The number of allylic oxidation sites excluding steroid dienone is 1. The van der Waals surface area contributed by atoms with Gasteiger partial charge < -0.3 is 5.11 Å². The summed E-state index contributed by atoms with van der Waals surface area (Å²) in [6, 6.07) is 5.96. The second kappa shape index (κ2) is 5.20. The Labute approximate surface area is 87.2 Å². The Balaban J connectivity index is 3.01. The fourth-order valence-corrected chi connectivity index (χ4v) is 1.41. The minimum Gasteiger partial charge on any atom is -0.392 e. The molecule has 0 aromatic heterocycles. The van der Waals surface area contributed by atoms with Crippen LogP contribution in [-0.4, -0.2) is 10.4 Å². The van der Waals surface area contributed by atoms with Crippen molar-refractivity contribution in [3.05, 3.63) is 41.0 Å². The first-order valence-electron chi connectivity index (χ1n) is 4.21. The minimum absolute atomic E-state index is 0.113. The summed E-state index contributed by atoms with van der Waals surface area (Å²) in [5.41, 5.74) is 3.32. The molecule has 0 saturated carbocycles. The maximum absolute atomic E-state index is 9.03. The predicted molar refractivity (Wildman–Crippen MR) is 59.9 cm³/mol. The SMILES string of the molecule is Cc1c(C=CCBr)cccc1CO. The van der Waals surface area contributed by atoms with Crippen LogP contribution in [0.5, 0.6) is 0 Å². The quantitative estimate of drug-likeness (QED) is 0.806. The van der Waals surface area contributed by atoms with E-state index in [0.717, 1.165) is 16.5 Å². The maximum atomic E-state index is 9.03. The molecule has 0 heterocycles. The third kappa shape index (κ3) is 2.68. The first kappa shape index (κ1) is 10.5. The molecule has 0 unspecified atom stereocenters. The Kier molecular flexibility index (Phi) is 4.19. The van der Waals surface area contributed by atoms with E-state index in [2.05, 4.69) is 22.0 Å². The average molecular weight is 241 g/mol. The molecule has 1 rings (SSSR count). The first-order chi connectivity index (χ1) is 6.29. The first-order valence-corrected chi connectivity index (χ1v) is 5.33. The van der Waals surface area contributed by atoms with Crippen molar-refractivity contribution in [1.29, 1.82) is 0 Å². The van der Waals surface area contributed by atoms with Crippen LogP contribution in [0.1, 0.15) is 16.7 Å². The van der Waals surface area contributed by atoms with Gasteiger partial charge in [0, 0.05) is 5.33 Å². The van der Waals surface area contributed by atoms with Crippen molar-refractivity contribution < 1.29 is 5.11 Å². The summed E-state index contributed by atoms with van der Waals surface area (Å²) in [5, 5.41) is 9.89. The number of rotatable bonds is 3. The van der Waals surface area contributed by atoms with Crippen LogP contribution >= 0.6 is 15.9 Å². The molecule has 1 aromatic rings. The largest absolute Gasteiger partial charge is 0.392 e. The molecule has 70 valence electrons. The van der Waals surface area contributed by atoms with Gasteiger partial charge in [0.1, 0.15) is 0 Å². The van der Waals surface area contributed by atoms with Crippen LogP contribution in [0.3, 0.4) is 0 Å². The summed E-state index contributed by atoms with van der Waals surface area (Å²) in [5.74, 6) is 0. The van der Waals surface area contributed by atoms with Crippen molar-refractivity contribution in [3.8, 4) is 0 Å². The molecular weight excluding hydrogens is 228 g/mol. The number of aliphatic hydroxyl groups is 1. The summed E-state index contributed by atoms with van der Waals surface area (Å²) in [6.07, 6.45) is 4.10. The fourth-order valence-electron chi connectivity index (χ4n) is 1.23. The number of hydrogen-bond donors (Lipinski definition) is 1. The molecule has 0 saturated heterocycles. The van der Waals surface area contributed by atoms with E-state index in [9.17, 15) is 0 Å². The molecule has 13 heavy (non-hydrogen) atoms. The predicted octanol–water partition coefficient (Wildman–Crippen LogP) is 2.90. The maximum Gasteiger partial charge on any atom is 0.0684 e. The van der Waals surface area contributed by atoms with Crippen LogP contribution in [0, 0.1) is 6.92 Å². The van der Waals surface area contributed by atoms with Crippen molar-refractivity contribution in [1.82, 2.24) is 0 Å². The average Bonchev–Trinajstić information content (AvgIpc) is 2.16. The molecule has 0 fully saturated rings. The zero-order chi connectivity index (χ0) is 9.68. The Morgan fingerprint density at radius 2 is 2.23 bits per heavy atom. The molecule has 1 nitrogen and oxygen atoms in total. The zero-order valence-electron chi connectivity index (χ0n) is 7.63. The zero-order valence-corrected chi connectivity index (χ0v) is 9.21. The van der Waals surface area contributed by atoms with E-state index in [0.29, 0.717) is 0 Å². The summed E-state index contributed by atoms with van der Waals surface area (Å²) < 4.78 is 0. The van der Waals surface area contributed by atoms with Gasteiger partial charge in [-0.2, -0.15) is 0 Å². The number of hydrogen-bond acceptors (Lipinski definition) is 1. The monoisotopic (exact) mass is 240 g/mol. The molecule has 0 aliphatic rings. The van der Waals surface area contributed by atoms with E-state index in [4.69, 9.17) is 5.11 Å². The Hall–Kier alpha value is -0.600. The fraction of sp³-hybridized carbons (Fsp3) is 0.273. The lowest BCUT2D eigenvalue weighted by atomic mass is 10.0. The van der Waals surface area contributed by atoms with Crippen LogP contribution < -0.4 is 0 Å². The van der Waals surface area contributed by atoms with E-state index >= 15 is 0 Å². The Bertz CT molecular complexity index is 305. The van der Waals surface area contributed by atoms with Gasteiger partial charge >= 0.3 is 0 Å². The number of halogens is 1. The van der Waals surface area contributed by atoms with Gasteiger partial charge in [0.25, 0.3) is 0 Å². The summed E-state index contributed by atoms with van der Waals surface area (Å²) in [7, 11) is 0. The summed E-state index contributed by atoms with van der Waals surface area (Å²) >= 11 is 3.33. The topological polar surface area (TPSA) is 20.2 Å². The Morgan fingerprint density at radius 3 is 2.85 bits per heavy atom. The highest BCUT2D eigenvalue weighted by atomic mass is 79.9. The van der Waals surface area contributed by atoms with Crippen LogP contribution in [0.25, 0.3) is 6.08 Å².